The van der Waals surface area contributed by atoms with Gasteiger partial charge in [0.25, 0.3) is 0 Å². The average molecular weight is 194 g/mol. The van der Waals surface area contributed by atoms with E-state index < -0.39 is 0 Å². The van der Waals surface area contributed by atoms with Crippen molar-refractivity contribution in [2.24, 2.45) is 0 Å². The Balaban J connectivity index is 3.17. The van der Waals surface area contributed by atoms with Crippen LogP contribution in [0, 0.1) is 11.3 Å². The van der Waals surface area contributed by atoms with Crippen molar-refractivity contribution in [2.75, 3.05) is 0 Å². The number of nitriles is 1. The average Bonchev–Trinajstić information content (AvgIpc) is 2.16. The lowest BCUT2D eigenvalue weighted by atomic mass is 9.95. The van der Waals surface area contributed by atoms with Gasteiger partial charge in [-0.15, -0.1) is 0 Å². The first-order chi connectivity index (χ1) is 6.19. The maximum absolute atomic E-state index is 8.81. The first-order valence-electron chi connectivity index (χ1n) is 4.37. The number of nitrogens with zero attached hydrogens (tertiary/aromatic N) is 1. The summed E-state index contributed by atoms with van der Waals surface area (Å²) in [7, 11) is 0. The van der Waals surface area contributed by atoms with Crippen LogP contribution in [0.2, 0.25) is 5.02 Å². The molecule has 13 heavy (non-hydrogen) atoms. The second-order valence-electron chi connectivity index (χ2n) is 3.05. The smallest absolute Gasteiger partial charge is 0.0701 e. The lowest BCUT2D eigenvalue weighted by molar-refractivity contribution is 0.941. The summed E-state index contributed by atoms with van der Waals surface area (Å²) < 4.78 is 0. The fraction of sp³-hybridized carbons (Fsp3) is 0.364. The fourth-order valence-corrected chi connectivity index (χ4v) is 1.54. The molecule has 0 bridgehead atoms. The SMILES string of the molecule is CCc1ccc(Cl)cc1C(C)C#N. The molecular weight excluding hydrogens is 182 g/mol. The van der Waals surface area contributed by atoms with Crippen molar-refractivity contribution in [1.82, 2.24) is 0 Å². The van der Waals surface area contributed by atoms with Crippen LogP contribution in [-0.4, -0.2) is 0 Å². The predicted molar refractivity (Wildman–Crippen MR) is 54.9 cm³/mol. The normalized spacial score (nSPS) is 12.2. The molecule has 0 N–H and O–H groups in total. The quantitative estimate of drug-likeness (QED) is 0.705. The fourth-order valence-electron chi connectivity index (χ4n) is 1.36. The molecule has 0 aliphatic carbocycles. The van der Waals surface area contributed by atoms with Gasteiger partial charge in [-0.1, -0.05) is 24.6 Å². The third-order valence-electron chi connectivity index (χ3n) is 2.15. The second-order valence-corrected chi connectivity index (χ2v) is 3.48. The summed E-state index contributed by atoms with van der Waals surface area (Å²) in [6, 6.07) is 7.97. The van der Waals surface area contributed by atoms with Crippen molar-refractivity contribution < 1.29 is 0 Å². The van der Waals surface area contributed by atoms with E-state index in [4.69, 9.17) is 16.9 Å². The van der Waals surface area contributed by atoms with E-state index in [1.54, 1.807) is 0 Å². The van der Waals surface area contributed by atoms with E-state index in [1.165, 1.54) is 5.56 Å². The molecule has 1 aromatic carbocycles. The van der Waals surface area contributed by atoms with Crippen molar-refractivity contribution in [1.29, 1.82) is 5.26 Å². The van der Waals surface area contributed by atoms with Crippen LogP contribution >= 0.6 is 11.6 Å². The number of halogens is 1. The molecule has 2 heteroatoms. The van der Waals surface area contributed by atoms with Gasteiger partial charge in [0.05, 0.1) is 12.0 Å². The van der Waals surface area contributed by atoms with Crippen LogP contribution in [0.1, 0.15) is 30.9 Å². The molecule has 0 fully saturated rings. The van der Waals surface area contributed by atoms with E-state index >= 15 is 0 Å². The van der Waals surface area contributed by atoms with E-state index in [0.717, 1.165) is 12.0 Å². The molecule has 0 heterocycles. The van der Waals surface area contributed by atoms with E-state index in [9.17, 15) is 0 Å². The molecule has 0 amide bonds. The maximum atomic E-state index is 8.81. The summed E-state index contributed by atoms with van der Waals surface area (Å²) in [5.41, 5.74) is 2.26. The Morgan fingerprint density at radius 3 is 2.77 bits per heavy atom. The van der Waals surface area contributed by atoms with Gasteiger partial charge in [-0.05, 0) is 36.6 Å². The van der Waals surface area contributed by atoms with Gasteiger partial charge in [-0.25, -0.2) is 0 Å². The molecule has 1 rings (SSSR count). The minimum atomic E-state index is -0.0753. The third-order valence-corrected chi connectivity index (χ3v) is 2.38. The van der Waals surface area contributed by atoms with Crippen LogP contribution < -0.4 is 0 Å². The molecule has 0 radical (unpaired) electrons. The van der Waals surface area contributed by atoms with Gasteiger partial charge in [0.2, 0.25) is 0 Å². The monoisotopic (exact) mass is 193 g/mol. The minimum Gasteiger partial charge on any atom is -0.198 e. The van der Waals surface area contributed by atoms with Gasteiger partial charge >= 0.3 is 0 Å². The van der Waals surface area contributed by atoms with E-state index in [2.05, 4.69) is 13.0 Å². The summed E-state index contributed by atoms with van der Waals surface area (Å²) in [6.45, 7) is 3.97. The lowest BCUT2D eigenvalue weighted by Gasteiger charge is -2.09. The maximum Gasteiger partial charge on any atom is 0.0701 e. The molecule has 0 saturated carbocycles. The Morgan fingerprint density at radius 1 is 1.54 bits per heavy atom. The summed E-state index contributed by atoms with van der Waals surface area (Å²) in [5, 5.41) is 9.51. The van der Waals surface area contributed by atoms with E-state index in [-0.39, 0.29) is 5.92 Å². The highest BCUT2D eigenvalue weighted by atomic mass is 35.5. The van der Waals surface area contributed by atoms with Crippen LogP contribution in [-0.2, 0) is 6.42 Å². The Bertz CT molecular complexity index is 338. The van der Waals surface area contributed by atoms with Gasteiger partial charge in [0.1, 0.15) is 0 Å². The van der Waals surface area contributed by atoms with Crippen molar-refractivity contribution >= 4 is 11.6 Å². The molecule has 0 aromatic heterocycles. The van der Waals surface area contributed by atoms with Crippen molar-refractivity contribution in [3.05, 3.63) is 34.3 Å². The van der Waals surface area contributed by atoms with Gasteiger partial charge in [0.15, 0.2) is 0 Å². The Kier molecular flexibility index (Phi) is 3.33. The number of hydrogen-bond acceptors (Lipinski definition) is 1. The molecule has 0 saturated heterocycles. The molecule has 68 valence electrons. The van der Waals surface area contributed by atoms with Crippen molar-refractivity contribution in [3.8, 4) is 6.07 Å². The highest BCUT2D eigenvalue weighted by molar-refractivity contribution is 6.30. The summed E-state index contributed by atoms with van der Waals surface area (Å²) >= 11 is 5.87. The number of aryl methyl sites for hydroxylation is 1. The molecule has 1 atom stereocenters. The molecule has 0 aliphatic rings. The molecule has 1 nitrogen and oxygen atoms in total. The standard InChI is InChI=1S/C11H12ClN/c1-3-9-4-5-10(12)6-11(9)8(2)7-13/h4-6,8H,3H2,1-2H3. The summed E-state index contributed by atoms with van der Waals surface area (Å²) in [5.74, 6) is -0.0753. The highest BCUT2D eigenvalue weighted by Gasteiger charge is 2.08. The van der Waals surface area contributed by atoms with Gasteiger partial charge in [-0.2, -0.15) is 5.26 Å². The predicted octanol–water partition coefficient (Wildman–Crippen LogP) is 3.53. The van der Waals surface area contributed by atoms with Crippen LogP contribution in [0.5, 0.6) is 0 Å². The number of benzene rings is 1. The highest BCUT2D eigenvalue weighted by Crippen LogP contribution is 2.23. The van der Waals surface area contributed by atoms with Gasteiger partial charge in [0, 0.05) is 5.02 Å². The summed E-state index contributed by atoms with van der Waals surface area (Å²) in [4.78, 5) is 0. The molecule has 0 aliphatic heterocycles. The van der Waals surface area contributed by atoms with E-state index in [0.29, 0.717) is 5.02 Å². The molecule has 1 aromatic rings. The van der Waals surface area contributed by atoms with Crippen molar-refractivity contribution in [3.63, 3.8) is 0 Å². The lowest BCUT2D eigenvalue weighted by Crippen LogP contribution is -1.96. The number of rotatable bonds is 2. The van der Waals surface area contributed by atoms with Crippen LogP contribution in [0.15, 0.2) is 18.2 Å². The van der Waals surface area contributed by atoms with Crippen LogP contribution in [0.25, 0.3) is 0 Å². The number of hydrogen-bond donors (Lipinski definition) is 0. The third kappa shape index (κ3) is 2.23. The minimum absolute atomic E-state index is 0.0753. The summed E-state index contributed by atoms with van der Waals surface area (Å²) in [6.07, 6.45) is 0.943. The zero-order valence-electron chi connectivity index (χ0n) is 7.84. The van der Waals surface area contributed by atoms with Crippen LogP contribution in [0.4, 0.5) is 0 Å². The van der Waals surface area contributed by atoms with E-state index in [1.807, 2.05) is 25.1 Å². The van der Waals surface area contributed by atoms with Gasteiger partial charge in [-0.3, -0.25) is 0 Å². The first kappa shape index (κ1) is 10.1. The molecule has 1 unspecified atom stereocenters. The Labute approximate surface area is 84.0 Å². The zero-order valence-corrected chi connectivity index (χ0v) is 8.60. The largest absolute Gasteiger partial charge is 0.198 e. The molecule has 0 spiro atoms. The second kappa shape index (κ2) is 4.30. The zero-order chi connectivity index (χ0) is 9.84. The molecular formula is C11H12ClN. The topological polar surface area (TPSA) is 23.8 Å². The van der Waals surface area contributed by atoms with Crippen LogP contribution in [0.3, 0.4) is 0 Å². The first-order valence-corrected chi connectivity index (χ1v) is 4.74. The Morgan fingerprint density at radius 2 is 2.23 bits per heavy atom. The van der Waals surface area contributed by atoms with Gasteiger partial charge < -0.3 is 0 Å². The Hall–Kier alpha value is -1.00. The van der Waals surface area contributed by atoms with Crippen molar-refractivity contribution in [2.45, 2.75) is 26.2 Å².